The quantitative estimate of drug-likeness (QED) is 0.0130. The molecule has 0 aliphatic rings. The van der Waals surface area contributed by atoms with Gasteiger partial charge < -0.3 is 68.0 Å². The molecular formula is C69H92N18O6. The summed E-state index contributed by atoms with van der Waals surface area (Å²) in [4.78, 5) is 109. The lowest BCUT2D eigenvalue weighted by Gasteiger charge is -2.22. The lowest BCUT2D eigenvalue weighted by molar-refractivity contribution is -0.131. The number of fused-ring (bicyclic) bond motifs is 9. The molecule has 0 bridgehead atoms. The number of aryl methyl sites for hydroxylation is 6. The van der Waals surface area contributed by atoms with E-state index in [-0.39, 0.29) is 56.2 Å². The van der Waals surface area contributed by atoms with Crippen LogP contribution in [0.2, 0.25) is 0 Å². The van der Waals surface area contributed by atoms with Crippen molar-refractivity contribution in [2.45, 2.75) is 193 Å². The van der Waals surface area contributed by atoms with Crippen LogP contribution in [0.5, 0.6) is 0 Å². The molecule has 5 amide bonds. The van der Waals surface area contributed by atoms with Gasteiger partial charge in [0.1, 0.15) is 46.4 Å². The van der Waals surface area contributed by atoms with Crippen LogP contribution >= 0.6 is 0 Å². The van der Waals surface area contributed by atoms with Crippen LogP contribution in [0.25, 0.3) is 65.8 Å². The van der Waals surface area contributed by atoms with Crippen molar-refractivity contribution in [3.8, 4) is 0 Å². The molecule has 6 heterocycles. The van der Waals surface area contributed by atoms with Crippen molar-refractivity contribution in [2.24, 2.45) is 5.73 Å². The van der Waals surface area contributed by atoms with Crippen molar-refractivity contribution in [3.05, 3.63) is 90.3 Å². The number of benzene rings is 3. The Balaban J connectivity index is 0.765. The summed E-state index contributed by atoms with van der Waals surface area (Å²) in [6.45, 7) is 9.53. The zero-order valence-corrected chi connectivity index (χ0v) is 54.1. The molecule has 0 spiro atoms. The van der Waals surface area contributed by atoms with Gasteiger partial charge in [0.15, 0.2) is 17.5 Å². The number of imidazole rings is 3. The Morgan fingerprint density at radius 3 is 1.17 bits per heavy atom. The summed E-state index contributed by atoms with van der Waals surface area (Å²) in [5.41, 5.74) is 32.9. The van der Waals surface area contributed by atoms with Gasteiger partial charge in [0.25, 0.3) is 0 Å². The number of nitrogens with zero attached hydrogens (tertiary/aromatic N) is 9. The van der Waals surface area contributed by atoms with Crippen molar-refractivity contribution in [1.82, 2.24) is 70.2 Å². The number of anilines is 3. The fourth-order valence-corrected chi connectivity index (χ4v) is 12.1. The van der Waals surface area contributed by atoms with E-state index in [1.54, 1.807) is 0 Å². The first kappa shape index (κ1) is 68.1. The lowest BCUT2D eigenvalue weighted by Crippen LogP contribution is -2.54. The highest BCUT2D eigenvalue weighted by Crippen LogP contribution is 2.33. The average molecular weight is 1270 g/mol. The molecule has 0 aliphatic heterocycles. The molecule has 9 rings (SSSR count). The Kier molecular flexibility index (Phi) is 24.4. The third kappa shape index (κ3) is 17.2. The number of aldehydes is 1. The normalized spacial score (nSPS) is 12.6. The summed E-state index contributed by atoms with van der Waals surface area (Å²) in [6, 6.07) is 20.1. The molecule has 24 nitrogen and oxygen atoms in total. The number of nitrogens with two attached hydrogens (primary N) is 4. The van der Waals surface area contributed by atoms with E-state index in [1.807, 2.05) is 72.8 Å². The number of nitrogen functional groups attached to an aromatic ring is 3. The van der Waals surface area contributed by atoms with Crippen molar-refractivity contribution in [2.75, 3.05) is 36.8 Å². The fraction of sp³-hybridized carbons (Fsp3) is 0.478. The third-order valence-corrected chi connectivity index (χ3v) is 17.2. The Morgan fingerprint density at radius 1 is 0.452 bits per heavy atom. The van der Waals surface area contributed by atoms with Gasteiger partial charge in [0.2, 0.25) is 29.5 Å². The Labute approximate surface area is 542 Å². The van der Waals surface area contributed by atoms with Crippen molar-refractivity contribution >= 4 is 119 Å². The number of carbonyl (C=O) groups excluding carboxylic acids is 6. The van der Waals surface area contributed by atoms with E-state index in [4.69, 9.17) is 37.9 Å². The van der Waals surface area contributed by atoms with E-state index in [9.17, 15) is 28.8 Å². The van der Waals surface area contributed by atoms with Crippen LogP contribution in [0, 0.1) is 0 Å². The molecule has 3 unspecified atom stereocenters. The van der Waals surface area contributed by atoms with Crippen LogP contribution in [0.3, 0.4) is 0 Å². The first-order valence-corrected chi connectivity index (χ1v) is 33.4. The van der Waals surface area contributed by atoms with E-state index in [2.05, 4.69) is 76.0 Å². The summed E-state index contributed by atoms with van der Waals surface area (Å²) in [5.74, 6) is 1.66. The smallest absolute Gasteiger partial charge is 0.243 e. The number of para-hydroxylation sites is 3. The summed E-state index contributed by atoms with van der Waals surface area (Å²) in [5, 5.41) is 17.2. The predicted molar refractivity (Wildman–Crippen MR) is 367 cm³/mol. The van der Waals surface area contributed by atoms with Gasteiger partial charge in [-0.2, -0.15) is 0 Å². The minimum absolute atomic E-state index is 0.0127. The second-order valence-electron chi connectivity index (χ2n) is 24.2. The highest BCUT2D eigenvalue weighted by atomic mass is 16.2. The van der Waals surface area contributed by atoms with Crippen LogP contribution in [0.1, 0.15) is 154 Å². The molecule has 0 aliphatic carbocycles. The van der Waals surface area contributed by atoms with Crippen molar-refractivity contribution in [1.29, 1.82) is 0 Å². The summed E-state index contributed by atoms with van der Waals surface area (Å²) < 4.78 is 6.67. The van der Waals surface area contributed by atoms with Crippen molar-refractivity contribution in [3.63, 3.8) is 0 Å². The molecule has 0 fully saturated rings. The molecule has 24 heteroatoms. The topological polar surface area (TPSA) is 359 Å². The first-order chi connectivity index (χ1) is 45.2. The van der Waals surface area contributed by atoms with Crippen LogP contribution < -0.4 is 49.5 Å². The standard InChI is InChI=1S/C69H92N18O6/c1-4-7-28-53-82-59-62(45-22-10-13-25-49(45)78-65(59)71)85(53)40-19-16-37-74-56(89)34-31-44(43-88)77-69(93)52(33-36-58(91)76-39-18-21-42-87-55(30-9-6-3)84-61-64(87)47-24-12-15-27-51(47)80-67(61)73)81-68(92)48(70)32-35-57(90)75-38-17-20-41-86-54(29-8-5-2)83-60-63(86)46-23-11-14-26-50(46)79-66(60)72/h10-15,22-27,43-44,48,52H,4-9,16-21,28-42,70H2,1-3H3,(H2,71,78)(H2,72,79)(H2,73,80)(H,74,89)(H,75,90)(H,76,91)(H,77,93)(H,81,92). The summed E-state index contributed by atoms with van der Waals surface area (Å²) in [6.07, 6.45) is 12.6. The molecule has 0 radical (unpaired) electrons. The minimum Gasteiger partial charge on any atom is -0.382 e. The van der Waals surface area contributed by atoms with Gasteiger partial charge in [-0.05, 0) is 95.2 Å². The van der Waals surface area contributed by atoms with Crippen LogP contribution in [-0.2, 0) is 67.7 Å². The number of rotatable bonds is 38. The highest BCUT2D eigenvalue weighted by molar-refractivity contribution is 6.08. The summed E-state index contributed by atoms with van der Waals surface area (Å²) >= 11 is 0. The lowest BCUT2D eigenvalue weighted by atomic mass is 10.1. The number of unbranched alkanes of at least 4 members (excludes halogenated alkanes) is 6. The highest BCUT2D eigenvalue weighted by Gasteiger charge is 2.28. The number of amides is 5. The Morgan fingerprint density at radius 2 is 0.806 bits per heavy atom. The molecule has 3 atom stereocenters. The molecule has 9 aromatic rings. The first-order valence-electron chi connectivity index (χ1n) is 33.4. The fourth-order valence-electron chi connectivity index (χ4n) is 12.1. The van der Waals surface area contributed by atoms with Crippen LogP contribution in [0.4, 0.5) is 17.5 Å². The van der Waals surface area contributed by atoms with Gasteiger partial charge in [-0.3, -0.25) is 24.0 Å². The third-order valence-electron chi connectivity index (χ3n) is 17.2. The number of hydrogen-bond acceptors (Lipinski definition) is 16. The van der Waals surface area contributed by atoms with Gasteiger partial charge in [-0.25, -0.2) is 29.9 Å². The number of pyridine rings is 3. The number of carbonyl (C=O) groups is 6. The van der Waals surface area contributed by atoms with Crippen molar-refractivity contribution < 1.29 is 28.8 Å². The molecule has 3 aromatic carbocycles. The van der Waals surface area contributed by atoms with Crippen LogP contribution in [0.15, 0.2) is 72.8 Å². The number of aromatic nitrogens is 9. The van der Waals surface area contributed by atoms with E-state index >= 15 is 0 Å². The summed E-state index contributed by atoms with van der Waals surface area (Å²) in [7, 11) is 0. The molecule has 0 saturated heterocycles. The maximum atomic E-state index is 14.1. The second-order valence-corrected chi connectivity index (χ2v) is 24.2. The van der Waals surface area contributed by atoms with Crippen LogP contribution in [-0.4, -0.2) is 117 Å². The molecule has 13 N–H and O–H groups in total. The minimum atomic E-state index is -1.28. The van der Waals surface area contributed by atoms with E-state index in [0.717, 1.165) is 144 Å². The number of nitrogens with one attached hydrogen (secondary N) is 5. The van der Waals surface area contributed by atoms with E-state index in [1.165, 1.54) is 0 Å². The van der Waals surface area contributed by atoms with E-state index < -0.39 is 29.9 Å². The molecular weight excluding hydrogens is 1180 g/mol. The SMILES string of the molecule is CCCCc1nc2c(N)nc3ccccc3c2n1CCCCNC(=O)CCC(C=O)NC(=O)C(CCC(=O)NCCCCn1c(CCCC)nc2c(N)nc3ccccc3c21)NC(=O)C(N)CCC(=O)NCCCCn1c(CCCC)nc2c(N)nc3ccccc3c21. The second kappa shape index (κ2) is 33.3. The largest absolute Gasteiger partial charge is 0.382 e. The zero-order chi connectivity index (χ0) is 65.8. The maximum absolute atomic E-state index is 14.1. The zero-order valence-electron chi connectivity index (χ0n) is 54.1. The van der Waals surface area contributed by atoms with Gasteiger partial charge in [0, 0.05) is 94.0 Å². The maximum Gasteiger partial charge on any atom is 0.243 e. The molecule has 93 heavy (non-hydrogen) atoms. The predicted octanol–water partition coefficient (Wildman–Crippen LogP) is 8.08. The Hall–Kier alpha value is -9.32. The monoisotopic (exact) mass is 1270 g/mol. The average Bonchev–Trinajstić information content (AvgIpc) is 1.66. The van der Waals surface area contributed by atoms with E-state index in [0.29, 0.717) is 98.8 Å². The molecule has 494 valence electrons. The Bertz CT molecular complexity index is 4080. The van der Waals surface area contributed by atoms with Gasteiger partial charge in [-0.1, -0.05) is 94.6 Å². The van der Waals surface area contributed by atoms with Gasteiger partial charge in [-0.15, -0.1) is 0 Å². The van der Waals surface area contributed by atoms with Gasteiger partial charge in [0.05, 0.1) is 45.2 Å². The molecule has 6 aromatic heterocycles. The number of hydrogen-bond donors (Lipinski definition) is 9. The molecule has 0 saturated carbocycles. The van der Waals surface area contributed by atoms with Gasteiger partial charge >= 0.3 is 0 Å².